The van der Waals surface area contributed by atoms with Crippen LogP contribution in [0.5, 0.6) is 0 Å². The number of nitrogens with one attached hydrogen (secondary N) is 1. The number of likely N-dealkylation sites (N-methyl/N-ethyl adjacent to an activating group) is 1. The van der Waals surface area contributed by atoms with Crippen LogP contribution in [0, 0.1) is 0 Å². The molecule has 1 aliphatic rings. The van der Waals surface area contributed by atoms with Crippen molar-refractivity contribution in [3.05, 3.63) is 59.4 Å². The van der Waals surface area contributed by atoms with Crippen LogP contribution in [0.25, 0.3) is 11.5 Å². The second-order valence-electron chi connectivity index (χ2n) is 6.70. The zero-order valence-corrected chi connectivity index (χ0v) is 16.0. The van der Waals surface area contributed by atoms with Crippen LogP contribution in [-0.4, -0.2) is 48.3 Å². The number of rotatable bonds is 5. The molecular formula is C20H22ClN5O. The summed E-state index contributed by atoms with van der Waals surface area (Å²) in [7, 11) is 2.17. The maximum atomic E-state index is 5.91. The largest absolute Gasteiger partial charge is 0.419 e. The second kappa shape index (κ2) is 7.98. The third-order valence-corrected chi connectivity index (χ3v) is 4.99. The summed E-state index contributed by atoms with van der Waals surface area (Å²) < 4.78 is 5.72. The summed E-state index contributed by atoms with van der Waals surface area (Å²) in [6.45, 7) is 4.83. The monoisotopic (exact) mass is 383 g/mol. The van der Waals surface area contributed by atoms with Crippen LogP contribution in [0.15, 0.2) is 52.9 Å². The molecule has 1 N–H and O–H groups in total. The Kier molecular flexibility index (Phi) is 5.27. The first-order valence-corrected chi connectivity index (χ1v) is 9.41. The molecule has 0 amide bonds. The molecule has 0 aliphatic carbocycles. The molecule has 0 spiro atoms. The fourth-order valence-corrected chi connectivity index (χ4v) is 3.19. The average molecular weight is 384 g/mol. The molecule has 1 saturated heterocycles. The van der Waals surface area contributed by atoms with Gasteiger partial charge in [0.25, 0.3) is 0 Å². The molecule has 0 atom stereocenters. The summed E-state index contributed by atoms with van der Waals surface area (Å²) in [5, 5.41) is 12.2. The summed E-state index contributed by atoms with van der Waals surface area (Å²) in [5.74, 6) is 1.04. The number of nitrogens with zero attached hydrogens (tertiary/aromatic N) is 4. The van der Waals surface area contributed by atoms with Crippen LogP contribution in [0.4, 0.5) is 11.4 Å². The molecular weight excluding hydrogens is 362 g/mol. The molecule has 0 saturated carbocycles. The van der Waals surface area contributed by atoms with E-state index in [9.17, 15) is 0 Å². The van der Waals surface area contributed by atoms with E-state index >= 15 is 0 Å². The van der Waals surface area contributed by atoms with Crippen molar-refractivity contribution in [3.8, 4) is 11.5 Å². The summed E-state index contributed by atoms with van der Waals surface area (Å²) in [4.78, 5) is 4.77. The molecule has 0 bridgehead atoms. The van der Waals surface area contributed by atoms with Gasteiger partial charge >= 0.3 is 0 Å². The number of hydrogen-bond donors (Lipinski definition) is 1. The maximum Gasteiger partial charge on any atom is 0.247 e. The van der Waals surface area contributed by atoms with Gasteiger partial charge in [-0.25, -0.2) is 0 Å². The smallest absolute Gasteiger partial charge is 0.247 e. The number of anilines is 2. The van der Waals surface area contributed by atoms with Crippen LogP contribution in [0.2, 0.25) is 5.02 Å². The van der Waals surface area contributed by atoms with Crippen molar-refractivity contribution in [2.75, 3.05) is 43.4 Å². The summed E-state index contributed by atoms with van der Waals surface area (Å²) >= 11 is 5.91. The first kappa shape index (κ1) is 17.8. The highest BCUT2D eigenvalue weighted by atomic mass is 35.5. The Morgan fingerprint density at radius 1 is 0.963 bits per heavy atom. The normalized spacial score (nSPS) is 15.1. The van der Waals surface area contributed by atoms with E-state index in [4.69, 9.17) is 16.0 Å². The molecule has 140 valence electrons. The molecule has 6 nitrogen and oxygen atoms in total. The van der Waals surface area contributed by atoms with Crippen molar-refractivity contribution in [2.45, 2.75) is 6.54 Å². The number of hydrogen-bond acceptors (Lipinski definition) is 6. The van der Waals surface area contributed by atoms with Crippen LogP contribution >= 0.6 is 11.6 Å². The molecule has 4 rings (SSSR count). The van der Waals surface area contributed by atoms with E-state index in [1.54, 1.807) is 12.1 Å². The second-order valence-corrected chi connectivity index (χ2v) is 7.14. The number of benzene rings is 2. The standard InChI is InChI=1S/C20H22ClN5O/c1-25-10-12-26(13-11-25)18-8-6-17(7-9-18)22-14-19-23-24-20(27-19)15-2-4-16(21)5-3-15/h2-9,22H,10-14H2,1H3. The van der Waals surface area contributed by atoms with Gasteiger partial charge in [-0.15, -0.1) is 10.2 Å². The van der Waals surface area contributed by atoms with Crippen molar-refractivity contribution in [3.63, 3.8) is 0 Å². The minimum absolute atomic E-state index is 0.481. The minimum atomic E-state index is 0.481. The Morgan fingerprint density at radius 2 is 1.67 bits per heavy atom. The Hall–Kier alpha value is -2.57. The van der Waals surface area contributed by atoms with Crippen molar-refractivity contribution in [1.82, 2.24) is 15.1 Å². The maximum absolute atomic E-state index is 5.91. The van der Waals surface area contributed by atoms with Crippen LogP contribution in [-0.2, 0) is 6.54 Å². The van der Waals surface area contributed by atoms with Crippen molar-refractivity contribution < 1.29 is 4.42 Å². The Morgan fingerprint density at radius 3 is 2.37 bits per heavy atom. The lowest BCUT2D eigenvalue weighted by Gasteiger charge is -2.34. The highest BCUT2D eigenvalue weighted by molar-refractivity contribution is 6.30. The molecule has 3 aromatic rings. The van der Waals surface area contributed by atoms with Gasteiger partial charge in [-0.05, 0) is 55.6 Å². The number of aromatic nitrogens is 2. The quantitative estimate of drug-likeness (QED) is 0.724. The van der Waals surface area contributed by atoms with Gasteiger partial charge in [0.2, 0.25) is 11.8 Å². The highest BCUT2D eigenvalue weighted by Crippen LogP contribution is 2.22. The van der Waals surface area contributed by atoms with Gasteiger partial charge in [0.1, 0.15) is 0 Å². The SMILES string of the molecule is CN1CCN(c2ccc(NCc3nnc(-c4ccc(Cl)cc4)o3)cc2)CC1. The van der Waals surface area contributed by atoms with Gasteiger partial charge < -0.3 is 19.5 Å². The summed E-state index contributed by atoms with van der Waals surface area (Å²) in [6, 6.07) is 15.8. The van der Waals surface area contributed by atoms with Crippen LogP contribution in [0.1, 0.15) is 5.89 Å². The Bertz CT molecular complexity index is 870. The van der Waals surface area contributed by atoms with Gasteiger partial charge in [-0.2, -0.15) is 0 Å². The van der Waals surface area contributed by atoms with Crippen LogP contribution < -0.4 is 10.2 Å². The predicted octanol–water partition coefficient (Wildman–Crippen LogP) is 3.75. The molecule has 27 heavy (non-hydrogen) atoms. The van der Waals surface area contributed by atoms with E-state index in [1.807, 2.05) is 12.1 Å². The fraction of sp³-hybridized carbons (Fsp3) is 0.300. The van der Waals surface area contributed by atoms with E-state index in [2.05, 4.69) is 56.6 Å². The summed E-state index contributed by atoms with van der Waals surface area (Å²) in [6.07, 6.45) is 0. The van der Waals surface area contributed by atoms with Gasteiger partial charge in [-0.3, -0.25) is 0 Å². The lowest BCUT2D eigenvalue weighted by molar-refractivity contribution is 0.313. The highest BCUT2D eigenvalue weighted by Gasteiger charge is 2.14. The average Bonchev–Trinajstić information content (AvgIpc) is 3.17. The van der Waals surface area contributed by atoms with Crippen molar-refractivity contribution >= 4 is 23.0 Å². The van der Waals surface area contributed by atoms with E-state index in [0.29, 0.717) is 23.3 Å². The molecule has 0 unspecified atom stereocenters. The lowest BCUT2D eigenvalue weighted by atomic mass is 10.2. The molecule has 1 fully saturated rings. The molecule has 1 aliphatic heterocycles. The first-order chi connectivity index (χ1) is 13.2. The van der Waals surface area contributed by atoms with E-state index < -0.39 is 0 Å². The van der Waals surface area contributed by atoms with Crippen LogP contribution in [0.3, 0.4) is 0 Å². The zero-order chi connectivity index (χ0) is 18.6. The summed E-state index contributed by atoms with van der Waals surface area (Å²) in [5.41, 5.74) is 3.14. The molecule has 0 radical (unpaired) electrons. The van der Waals surface area contributed by atoms with E-state index in [0.717, 1.165) is 37.4 Å². The zero-order valence-electron chi connectivity index (χ0n) is 15.2. The van der Waals surface area contributed by atoms with Gasteiger partial charge in [0.05, 0.1) is 6.54 Å². The third-order valence-electron chi connectivity index (χ3n) is 4.74. The Balaban J connectivity index is 1.34. The molecule has 7 heteroatoms. The third kappa shape index (κ3) is 4.40. The molecule has 2 heterocycles. The fourth-order valence-electron chi connectivity index (χ4n) is 3.07. The number of piperazine rings is 1. The minimum Gasteiger partial charge on any atom is -0.419 e. The van der Waals surface area contributed by atoms with Gasteiger partial charge in [0.15, 0.2) is 0 Å². The van der Waals surface area contributed by atoms with Gasteiger partial charge in [-0.1, -0.05) is 11.6 Å². The topological polar surface area (TPSA) is 57.4 Å². The first-order valence-electron chi connectivity index (χ1n) is 9.03. The lowest BCUT2D eigenvalue weighted by Crippen LogP contribution is -2.44. The Labute approximate surface area is 163 Å². The van der Waals surface area contributed by atoms with Crippen molar-refractivity contribution in [2.24, 2.45) is 0 Å². The number of halogens is 1. The molecule has 2 aromatic carbocycles. The van der Waals surface area contributed by atoms with E-state index in [-0.39, 0.29) is 0 Å². The predicted molar refractivity (Wildman–Crippen MR) is 108 cm³/mol. The molecule has 1 aromatic heterocycles. The van der Waals surface area contributed by atoms with E-state index in [1.165, 1.54) is 5.69 Å². The van der Waals surface area contributed by atoms with Gasteiger partial charge in [0, 0.05) is 48.1 Å². The van der Waals surface area contributed by atoms with Crippen molar-refractivity contribution in [1.29, 1.82) is 0 Å².